The lowest BCUT2D eigenvalue weighted by Gasteiger charge is -2.37. The third-order valence-electron chi connectivity index (χ3n) is 4.27. The first-order chi connectivity index (χ1) is 9.71. The van der Waals surface area contributed by atoms with Crippen molar-refractivity contribution in [1.29, 1.82) is 0 Å². The Hall–Kier alpha value is -1.26. The molecule has 0 aliphatic carbocycles. The second-order valence-electron chi connectivity index (χ2n) is 5.55. The Balaban J connectivity index is 2.27. The third kappa shape index (κ3) is 3.07. The first kappa shape index (κ1) is 15.1. The van der Waals surface area contributed by atoms with Crippen molar-refractivity contribution >= 4 is 0 Å². The predicted octanol–water partition coefficient (Wildman–Crippen LogP) is 2.44. The summed E-state index contributed by atoms with van der Waals surface area (Å²) < 4.78 is 10.9. The Kier molecular flexibility index (Phi) is 5.26. The van der Waals surface area contributed by atoms with E-state index in [1.54, 1.807) is 14.2 Å². The molecular formula is C16H26N2O2. The van der Waals surface area contributed by atoms with E-state index in [2.05, 4.69) is 17.9 Å². The van der Waals surface area contributed by atoms with Crippen LogP contribution in [-0.2, 0) is 0 Å². The van der Waals surface area contributed by atoms with E-state index in [9.17, 15) is 0 Å². The minimum Gasteiger partial charge on any atom is -0.493 e. The van der Waals surface area contributed by atoms with Crippen LogP contribution in [0.5, 0.6) is 11.5 Å². The summed E-state index contributed by atoms with van der Waals surface area (Å²) in [6.45, 7) is 5.12. The quantitative estimate of drug-likeness (QED) is 0.898. The van der Waals surface area contributed by atoms with E-state index in [1.807, 2.05) is 12.1 Å². The van der Waals surface area contributed by atoms with E-state index in [-0.39, 0.29) is 6.04 Å². The molecule has 1 aromatic carbocycles. The highest BCUT2D eigenvalue weighted by molar-refractivity contribution is 5.48. The van der Waals surface area contributed by atoms with Crippen molar-refractivity contribution in [3.63, 3.8) is 0 Å². The molecule has 0 saturated carbocycles. The number of rotatable bonds is 5. The molecule has 2 rings (SSSR count). The van der Waals surface area contributed by atoms with E-state index in [4.69, 9.17) is 15.2 Å². The standard InChI is InChI=1S/C16H26N2O2/c1-12-7-9-18(10-8-12)14(11-17)13-5-4-6-15(19-2)16(13)20-3/h4-6,12,14H,7-11,17H2,1-3H3. The lowest BCUT2D eigenvalue weighted by Crippen LogP contribution is -2.39. The van der Waals surface area contributed by atoms with Crippen molar-refractivity contribution < 1.29 is 9.47 Å². The van der Waals surface area contributed by atoms with Crippen molar-refractivity contribution in [2.24, 2.45) is 11.7 Å². The molecule has 1 aliphatic heterocycles. The molecule has 4 heteroatoms. The normalized spacial score (nSPS) is 18.8. The summed E-state index contributed by atoms with van der Waals surface area (Å²) in [5, 5.41) is 0. The lowest BCUT2D eigenvalue weighted by atomic mass is 9.95. The molecule has 20 heavy (non-hydrogen) atoms. The van der Waals surface area contributed by atoms with Gasteiger partial charge in [-0.15, -0.1) is 0 Å². The number of benzene rings is 1. The van der Waals surface area contributed by atoms with E-state index >= 15 is 0 Å². The topological polar surface area (TPSA) is 47.7 Å². The monoisotopic (exact) mass is 278 g/mol. The number of nitrogens with two attached hydrogens (primary N) is 1. The SMILES string of the molecule is COc1cccc(C(CN)N2CCC(C)CC2)c1OC. The van der Waals surface area contributed by atoms with Crippen LogP contribution in [0.15, 0.2) is 18.2 Å². The van der Waals surface area contributed by atoms with Gasteiger partial charge in [-0.05, 0) is 37.9 Å². The van der Waals surface area contributed by atoms with Gasteiger partial charge in [-0.1, -0.05) is 19.1 Å². The fourth-order valence-corrected chi connectivity index (χ4v) is 2.99. The molecule has 0 amide bonds. The molecule has 1 unspecified atom stereocenters. The minimum atomic E-state index is 0.201. The molecule has 0 radical (unpaired) electrons. The van der Waals surface area contributed by atoms with E-state index in [0.717, 1.165) is 36.1 Å². The van der Waals surface area contributed by atoms with Crippen LogP contribution in [0.4, 0.5) is 0 Å². The fraction of sp³-hybridized carbons (Fsp3) is 0.625. The summed E-state index contributed by atoms with van der Waals surface area (Å²) in [4.78, 5) is 2.47. The molecule has 4 nitrogen and oxygen atoms in total. The maximum Gasteiger partial charge on any atom is 0.165 e. The van der Waals surface area contributed by atoms with E-state index in [0.29, 0.717) is 6.54 Å². The summed E-state index contributed by atoms with van der Waals surface area (Å²) in [6.07, 6.45) is 2.48. The molecule has 1 atom stereocenters. The van der Waals surface area contributed by atoms with Gasteiger partial charge in [0.25, 0.3) is 0 Å². The average Bonchev–Trinajstić information content (AvgIpc) is 2.49. The zero-order valence-electron chi connectivity index (χ0n) is 12.8. The number of hydrogen-bond acceptors (Lipinski definition) is 4. The molecule has 2 N–H and O–H groups in total. The summed E-state index contributed by atoms with van der Waals surface area (Å²) in [7, 11) is 3.36. The van der Waals surface area contributed by atoms with Gasteiger partial charge in [-0.25, -0.2) is 0 Å². The van der Waals surface area contributed by atoms with Gasteiger partial charge in [-0.2, -0.15) is 0 Å². The van der Waals surface area contributed by atoms with Crippen LogP contribution < -0.4 is 15.2 Å². The number of ether oxygens (including phenoxy) is 2. The van der Waals surface area contributed by atoms with Gasteiger partial charge in [-0.3, -0.25) is 4.90 Å². The number of nitrogens with zero attached hydrogens (tertiary/aromatic N) is 1. The third-order valence-corrected chi connectivity index (χ3v) is 4.27. The van der Waals surface area contributed by atoms with Gasteiger partial charge < -0.3 is 15.2 Å². The highest BCUT2D eigenvalue weighted by atomic mass is 16.5. The van der Waals surface area contributed by atoms with Crippen molar-refractivity contribution in [3.8, 4) is 11.5 Å². The largest absolute Gasteiger partial charge is 0.493 e. The van der Waals surface area contributed by atoms with Gasteiger partial charge >= 0.3 is 0 Å². The van der Waals surface area contributed by atoms with Crippen molar-refractivity contribution in [2.45, 2.75) is 25.8 Å². The number of piperidine rings is 1. The zero-order valence-corrected chi connectivity index (χ0v) is 12.8. The van der Waals surface area contributed by atoms with Gasteiger partial charge in [0.2, 0.25) is 0 Å². The van der Waals surface area contributed by atoms with Crippen LogP contribution in [0.25, 0.3) is 0 Å². The molecule has 112 valence electrons. The molecule has 0 spiro atoms. The van der Waals surface area contributed by atoms with Crippen LogP contribution >= 0.6 is 0 Å². The predicted molar refractivity (Wildman–Crippen MR) is 81.3 cm³/mol. The maximum atomic E-state index is 6.05. The molecule has 0 aromatic heterocycles. The smallest absolute Gasteiger partial charge is 0.165 e. The molecule has 1 aromatic rings. The molecule has 1 fully saturated rings. The van der Waals surface area contributed by atoms with Crippen molar-refractivity contribution in [1.82, 2.24) is 4.90 Å². The summed E-state index contributed by atoms with van der Waals surface area (Å²) in [5.74, 6) is 2.40. The Morgan fingerprint density at radius 3 is 2.50 bits per heavy atom. The Morgan fingerprint density at radius 1 is 1.25 bits per heavy atom. The van der Waals surface area contributed by atoms with Gasteiger partial charge in [0.1, 0.15) is 0 Å². The van der Waals surface area contributed by atoms with Crippen molar-refractivity contribution in [3.05, 3.63) is 23.8 Å². The first-order valence-corrected chi connectivity index (χ1v) is 7.36. The molecule has 0 bridgehead atoms. The van der Waals surface area contributed by atoms with Gasteiger partial charge in [0, 0.05) is 12.1 Å². The molecule has 1 saturated heterocycles. The Morgan fingerprint density at radius 2 is 1.95 bits per heavy atom. The van der Waals surface area contributed by atoms with Crippen LogP contribution in [-0.4, -0.2) is 38.8 Å². The molecule has 1 aliphatic rings. The van der Waals surface area contributed by atoms with Crippen LogP contribution in [0, 0.1) is 5.92 Å². The van der Waals surface area contributed by atoms with Gasteiger partial charge in [0.15, 0.2) is 11.5 Å². The second kappa shape index (κ2) is 6.95. The Bertz CT molecular complexity index is 428. The van der Waals surface area contributed by atoms with E-state index in [1.165, 1.54) is 12.8 Å². The second-order valence-corrected chi connectivity index (χ2v) is 5.55. The highest BCUT2D eigenvalue weighted by Gasteiger charge is 2.26. The number of methoxy groups -OCH3 is 2. The number of para-hydroxylation sites is 1. The Labute approximate surface area is 121 Å². The van der Waals surface area contributed by atoms with Crippen LogP contribution in [0.3, 0.4) is 0 Å². The van der Waals surface area contributed by atoms with Crippen LogP contribution in [0.2, 0.25) is 0 Å². The van der Waals surface area contributed by atoms with Crippen LogP contribution in [0.1, 0.15) is 31.4 Å². The fourth-order valence-electron chi connectivity index (χ4n) is 2.99. The molecular weight excluding hydrogens is 252 g/mol. The maximum absolute atomic E-state index is 6.05. The summed E-state index contributed by atoms with van der Waals surface area (Å²) >= 11 is 0. The van der Waals surface area contributed by atoms with Crippen molar-refractivity contribution in [2.75, 3.05) is 33.9 Å². The van der Waals surface area contributed by atoms with E-state index < -0.39 is 0 Å². The summed E-state index contributed by atoms with van der Waals surface area (Å²) in [6, 6.07) is 6.23. The average molecular weight is 278 g/mol. The highest BCUT2D eigenvalue weighted by Crippen LogP contribution is 2.37. The minimum absolute atomic E-state index is 0.201. The molecule has 1 heterocycles. The first-order valence-electron chi connectivity index (χ1n) is 7.36. The number of likely N-dealkylation sites (tertiary alicyclic amines) is 1. The zero-order chi connectivity index (χ0) is 14.5. The van der Waals surface area contributed by atoms with Gasteiger partial charge in [0.05, 0.1) is 20.3 Å². The lowest BCUT2D eigenvalue weighted by molar-refractivity contribution is 0.139. The summed E-state index contributed by atoms with van der Waals surface area (Å²) in [5.41, 5.74) is 7.18. The number of hydrogen-bond donors (Lipinski definition) is 1.